The molecule has 92 valence electrons. The lowest BCUT2D eigenvalue weighted by molar-refractivity contribution is -0.136. The zero-order chi connectivity index (χ0) is 12.2. The lowest BCUT2D eigenvalue weighted by Gasteiger charge is -2.30. The average molecular weight is 227 g/mol. The van der Waals surface area contributed by atoms with Gasteiger partial charge in [-0.3, -0.25) is 9.59 Å². The Balaban J connectivity index is 2.62. The Bertz CT molecular complexity index is 276. The zero-order valence-corrected chi connectivity index (χ0v) is 10.1. The van der Waals surface area contributed by atoms with Crippen molar-refractivity contribution in [1.29, 1.82) is 0 Å². The van der Waals surface area contributed by atoms with Gasteiger partial charge in [-0.1, -0.05) is 13.3 Å². The Morgan fingerprint density at radius 2 is 2.25 bits per heavy atom. The van der Waals surface area contributed by atoms with Crippen molar-refractivity contribution in [3.8, 4) is 0 Å². The summed E-state index contributed by atoms with van der Waals surface area (Å²) in [5.41, 5.74) is 5.19. The van der Waals surface area contributed by atoms with Gasteiger partial charge in [0.05, 0.1) is 5.54 Å². The van der Waals surface area contributed by atoms with E-state index < -0.39 is 5.54 Å². The lowest BCUT2D eigenvalue weighted by Crippen LogP contribution is -2.53. The molecule has 0 aromatic heterocycles. The molecular formula is C11H21N3O2. The fourth-order valence-corrected chi connectivity index (χ4v) is 1.96. The van der Waals surface area contributed by atoms with Crippen LogP contribution in [-0.4, -0.2) is 41.9 Å². The van der Waals surface area contributed by atoms with Crippen molar-refractivity contribution in [3.63, 3.8) is 0 Å². The molecule has 0 aromatic carbocycles. The fraction of sp³-hybridized carbons (Fsp3) is 0.818. The van der Waals surface area contributed by atoms with E-state index in [1.807, 2.05) is 6.92 Å². The molecule has 2 amide bonds. The van der Waals surface area contributed by atoms with Gasteiger partial charge in [-0.2, -0.15) is 0 Å². The molecule has 0 aromatic rings. The van der Waals surface area contributed by atoms with Crippen LogP contribution in [0.2, 0.25) is 0 Å². The minimum Gasteiger partial charge on any atom is -0.354 e. The van der Waals surface area contributed by atoms with E-state index in [2.05, 4.69) is 5.32 Å². The van der Waals surface area contributed by atoms with Crippen LogP contribution in [0.15, 0.2) is 0 Å². The molecule has 1 heterocycles. The molecule has 1 saturated heterocycles. The van der Waals surface area contributed by atoms with Crippen LogP contribution in [0.25, 0.3) is 0 Å². The Kier molecular flexibility index (Phi) is 4.29. The highest BCUT2D eigenvalue weighted by atomic mass is 16.2. The van der Waals surface area contributed by atoms with E-state index in [-0.39, 0.29) is 11.8 Å². The van der Waals surface area contributed by atoms with Crippen molar-refractivity contribution in [2.24, 2.45) is 5.73 Å². The van der Waals surface area contributed by atoms with E-state index in [0.717, 1.165) is 6.42 Å². The van der Waals surface area contributed by atoms with Gasteiger partial charge >= 0.3 is 0 Å². The summed E-state index contributed by atoms with van der Waals surface area (Å²) in [6.07, 6.45) is 1.92. The molecule has 1 fully saturated rings. The molecule has 0 spiro atoms. The SMILES string of the molecule is CCCC(C)(N)C(=O)N1CCNC(=O)CC1. The third-order valence-corrected chi connectivity index (χ3v) is 2.86. The number of hydrogen-bond donors (Lipinski definition) is 2. The standard InChI is InChI=1S/C11H21N3O2/c1-3-5-11(2,12)10(16)14-7-4-9(15)13-6-8-14/h3-8,12H2,1-2H3,(H,13,15). The monoisotopic (exact) mass is 227 g/mol. The van der Waals surface area contributed by atoms with E-state index in [9.17, 15) is 9.59 Å². The van der Waals surface area contributed by atoms with Crippen LogP contribution in [0.5, 0.6) is 0 Å². The molecule has 5 heteroatoms. The van der Waals surface area contributed by atoms with Gasteiger partial charge in [0.15, 0.2) is 0 Å². The summed E-state index contributed by atoms with van der Waals surface area (Å²) >= 11 is 0. The molecule has 1 aliphatic rings. The summed E-state index contributed by atoms with van der Waals surface area (Å²) in [7, 11) is 0. The summed E-state index contributed by atoms with van der Waals surface area (Å²) in [6.45, 7) is 5.32. The number of nitrogens with one attached hydrogen (secondary N) is 1. The largest absolute Gasteiger partial charge is 0.354 e. The second-order valence-electron chi connectivity index (χ2n) is 4.56. The van der Waals surface area contributed by atoms with Crippen molar-refractivity contribution in [2.45, 2.75) is 38.6 Å². The topological polar surface area (TPSA) is 75.4 Å². The normalized spacial score (nSPS) is 20.9. The summed E-state index contributed by atoms with van der Waals surface area (Å²) < 4.78 is 0. The first kappa shape index (κ1) is 13.0. The second-order valence-corrected chi connectivity index (χ2v) is 4.56. The first-order valence-electron chi connectivity index (χ1n) is 5.82. The van der Waals surface area contributed by atoms with Gasteiger partial charge in [0.2, 0.25) is 11.8 Å². The number of carbonyl (C=O) groups is 2. The molecule has 0 radical (unpaired) electrons. The van der Waals surface area contributed by atoms with Gasteiger partial charge in [0.1, 0.15) is 0 Å². The molecule has 5 nitrogen and oxygen atoms in total. The average Bonchev–Trinajstić information content (AvgIpc) is 2.42. The van der Waals surface area contributed by atoms with Crippen molar-refractivity contribution in [2.75, 3.05) is 19.6 Å². The number of nitrogens with zero attached hydrogens (tertiary/aromatic N) is 1. The van der Waals surface area contributed by atoms with Gasteiger partial charge in [-0.15, -0.1) is 0 Å². The van der Waals surface area contributed by atoms with Gasteiger partial charge in [0.25, 0.3) is 0 Å². The number of carbonyl (C=O) groups excluding carboxylic acids is 2. The molecule has 1 atom stereocenters. The van der Waals surface area contributed by atoms with E-state index >= 15 is 0 Å². The maximum absolute atomic E-state index is 12.1. The summed E-state index contributed by atoms with van der Waals surface area (Å²) in [5, 5.41) is 2.74. The zero-order valence-electron chi connectivity index (χ0n) is 10.1. The van der Waals surface area contributed by atoms with E-state index in [4.69, 9.17) is 5.73 Å². The van der Waals surface area contributed by atoms with Crippen LogP contribution in [0.1, 0.15) is 33.1 Å². The Morgan fingerprint density at radius 3 is 2.88 bits per heavy atom. The first-order chi connectivity index (χ1) is 7.47. The van der Waals surface area contributed by atoms with Crippen LogP contribution in [-0.2, 0) is 9.59 Å². The predicted molar refractivity (Wildman–Crippen MR) is 61.7 cm³/mol. The maximum atomic E-state index is 12.1. The highest BCUT2D eigenvalue weighted by Crippen LogP contribution is 2.13. The van der Waals surface area contributed by atoms with Crippen LogP contribution in [0.3, 0.4) is 0 Å². The predicted octanol–water partition coefficient (Wildman–Crippen LogP) is -0.148. The molecule has 0 bridgehead atoms. The molecule has 0 saturated carbocycles. The summed E-state index contributed by atoms with van der Waals surface area (Å²) in [5.74, 6) is -0.0460. The van der Waals surface area contributed by atoms with Crippen LogP contribution in [0.4, 0.5) is 0 Å². The summed E-state index contributed by atoms with van der Waals surface area (Å²) in [6, 6.07) is 0. The molecule has 0 aliphatic carbocycles. The number of amides is 2. The number of rotatable bonds is 3. The molecule has 16 heavy (non-hydrogen) atoms. The van der Waals surface area contributed by atoms with Gasteiger partial charge in [0, 0.05) is 26.1 Å². The Morgan fingerprint density at radius 1 is 1.56 bits per heavy atom. The molecular weight excluding hydrogens is 206 g/mol. The smallest absolute Gasteiger partial charge is 0.242 e. The molecule has 1 unspecified atom stereocenters. The van der Waals surface area contributed by atoms with Crippen LogP contribution < -0.4 is 11.1 Å². The van der Waals surface area contributed by atoms with E-state index in [0.29, 0.717) is 32.5 Å². The highest BCUT2D eigenvalue weighted by molar-refractivity contribution is 5.86. The minimum atomic E-state index is -0.803. The highest BCUT2D eigenvalue weighted by Gasteiger charge is 2.32. The third kappa shape index (κ3) is 3.20. The van der Waals surface area contributed by atoms with Crippen molar-refractivity contribution in [1.82, 2.24) is 10.2 Å². The lowest BCUT2D eigenvalue weighted by atomic mass is 9.95. The van der Waals surface area contributed by atoms with Gasteiger partial charge in [-0.25, -0.2) is 0 Å². The van der Waals surface area contributed by atoms with Crippen LogP contribution >= 0.6 is 0 Å². The molecule has 3 N–H and O–H groups in total. The van der Waals surface area contributed by atoms with Crippen molar-refractivity contribution >= 4 is 11.8 Å². The van der Waals surface area contributed by atoms with Crippen molar-refractivity contribution in [3.05, 3.63) is 0 Å². The van der Waals surface area contributed by atoms with Crippen molar-refractivity contribution < 1.29 is 9.59 Å². The van der Waals surface area contributed by atoms with Crippen LogP contribution in [0, 0.1) is 0 Å². The molecule has 1 rings (SSSR count). The quantitative estimate of drug-likeness (QED) is 0.704. The molecule has 1 aliphatic heterocycles. The first-order valence-corrected chi connectivity index (χ1v) is 5.82. The maximum Gasteiger partial charge on any atom is 0.242 e. The number of hydrogen-bond acceptors (Lipinski definition) is 3. The van der Waals surface area contributed by atoms with E-state index in [1.54, 1.807) is 11.8 Å². The number of nitrogens with two attached hydrogens (primary N) is 1. The fourth-order valence-electron chi connectivity index (χ4n) is 1.96. The Labute approximate surface area is 96.4 Å². The van der Waals surface area contributed by atoms with Gasteiger partial charge < -0.3 is 16.0 Å². The van der Waals surface area contributed by atoms with E-state index in [1.165, 1.54) is 0 Å². The third-order valence-electron chi connectivity index (χ3n) is 2.86. The second kappa shape index (κ2) is 5.30. The summed E-state index contributed by atoms with van der Waals surface area (Å²) in [4.78, 5) is 25.0. The van der Waals surface area contributed by atoms with Gasteiger partial charge in [-0.05, 0) is 13.3 Å². The minimum absolute atomic E-state index is 0.00418. The Hall–Kier alpha value is -1.10.